The van der Waals surface area contributed by atoms with Gasteiger partial charge in [-0.3, -0.25) is 0 Å². The highest BCUT2D eigenvalue weighted by Gasteiger charge is 2.18. The Morgan fingerprint density at radius 1 is 1.39 bits per heavy atom. The monoisotopic (exact) mass is 252 g/mol. The van der Waals surface area contributed by atoms with Crippen molar-refractivity contribution in [3.05, 3.63) is 11.7 Å². The fourth-order valence-electron chi connectivity index (χ4n) is 2.41. The molecule has 1 saturated heterocycles. The van der Waals surface area contributed by atoms with E-state index in [2.05, 4.69) is 27.3 Å². The standard InChI is InChI=1S/C13H24N4O/c1-3-7-14-12-4-8-17(9-5-12)10-6-13-15-11(2)18-16-13/h12,14H,3-10H2,1-2H3. The minimum Gasteiger partial charge on any atom is -0.340 e. The Hall–Kier alpha value is -0.940. The van der Waals surface area contributed by atoms with E-state index < -0.39 is 0 Å². The summed E-state index contributed by atoms with van der Waals surface area (Å²) in [4.78, 5) is 6.73. The number of nitrogens with zero attached hydrogens (tertiary/aromatic N) is 3. The first kappa shape index (κ1) is 13.5. The van der Waals surface area contributed by atoms with Crippen molar-refractivity contribution in [1.82, 2.24) is 20.4 Å². The fraction of sp³-hybridized carbons (Fsp3) is 0.846. The lowest BCUT2D eigenvalue weighted by Gasteiger charge is -2.32. The Morgan fingerprint density at radius 3 is 2.78 bits per heavy atom. The average Bonchev–Trinajstić information content (AvgIpc) is 2.81. The van der Waals surface area contributed by atoms with E-state index in [0.29, 0.717) is 11.9 Å². The van der Waals surface area contributed by atoms with Crippen LogP contribution in [0.1, 0.15) is 37.9 Å². The number of likely N-dealkylation sites (tertiary alicyclic amines) is 1. The van der Waals surface area contributed by atoms with Gasteiger partial charge in [0.05, 0.1) is 0 Å². The normalized spacial score (nSPS) is 18.3. The molecule has 0 bridgehead atoms. The lowest BCUT2D eigenvalue weighted by Crippen LogP contribution is -2.43. The molecule has 0 amide bonds. The summed E-state index contributed by atoms with van der Waals surface area (Å²) < 4.78 is 4.98. The van der Waals surface area contributed by atoms with Crippen molar-refractivity contribution in [1.29, 1.82) is 0 Å². The van der Waals surface area contributed by atoms with Crippen LogP contribution in [0.2, 0.25) is 0 Å². The van der Waals surface area contributed by atoms with Gasteiger partial charge in [0.25, 0.3) is 0 Å². The number of rotatable bonds is 6. The molecule has 0 spiro atoms. The highest BCUT2D eigenvalue weighted by molar-refractivity contribution is 4.86. The van der Waals surface area contributed by atoms with Crippen molar-refractivity contribution in [2.45, 2.75) is 45.6 Å². The van der Waals surface area contributed by atoms with E-state index in [-0.39, 0.29) is 0 Å². The van der Waals surface area contributed by atoms with E-state index in [0.717, 1.165) is 25.3 Å². The lowest BCUT2D eigenvalue weighted by atomic mass is 10.0. The molecule has 5 heteroatoms. The van der Waals surface area contributed by atoms with Gasteiger partial charge in [-0.05, 0) is 38.9 Å². The largest absolute Gasteiger partial charge is 0.340 e. The number of aromatic nitrogens is 2. The van der Waals surface area contributed by atoms with Crippen LogP contribution in [0, 0.1) is 6.92 Å². The van der Waals surface area contributed by atoms with Crippen LogP contribution in [0.5, 0.6) is 0 Å². The zero-order chi connectivity index (χ0) is 12.8. The number of piperidine rings is 1. The molecule has 0 aromatic carbocycles. The van der Waals surface area contributed by atoms with Gasteiger partial charge < -0.3 is 14.7 Å². The molecule has 0 radical (unpaired) electrons. The quantitative estimate of drug-likeness (QED) is 0.829. The van der Waals surface area contributed by atoms with Gasteiger partial charge in [-0.15, -0.1) is 0 Å². The number of nitrogens with one attached hydrogen (secondary N) is 1. The lowest BCUT2D eigenvalue weighted by molar-refractivity contribution is 0.198. The summed E-state index contributed by atoms with van der Waals surface area (Å²) in [7, 11) is 0. The van der Waals surface area contributed by atoms with Gasteiger partial charge in [0.15, 0.2) is 5.82 Å². The molecule has 1 N–H and O–H groups in total. The molecule has 1 aromatic heterocycles. The zero-order valence-electron chi connectivity index (χ0n) is 11.5. The van der Waals surface area contributed by atoms with Crippen LogP contribution >= 0.6 is 0 Å². The maximum absolute atomic E-state index is 4.98. The van der Waals surface area contributed by atoms with Gasteiger partial charge >= 0.3 is 0 Å². The first-order valence-electron chi connectivity index (χ1n) is 7.03. The molecule has 102 valence electrons. The van der Waals surface area contributed by atoms with Crippen molar-refractivity contribution in [2.24, 2.45) is 0 Å². The number of aryl methyl sites for hydroxylation is 1. The van der Waals surface area contributed by atoms with Gasteiger partial charge in [-0.25, -0.2) is 0 Å². The minimum atomic E-state index is 0.660. The molecule has 1 aliphatic heterocycles. The Morgan fingerprint density at radius 2 is 2.17 bits per heavy atom. The Balaban J connectivity index is 1.64. The molecule has 0 atom stereocenters. The zero-order valence-corrected chi connectivity index (χ0v) is 11.5. The molecule has 5 nitrogen and oxygen atoms in total. The van der Waals surface area contributed by atoms with Crippen LogP contribution in [0.15, 0.2) is 4.52 Å². The SMILES string of the molecule is CCCNC1CCN(CCc2noc(C)n2)CC1. The maximum Gasteiger partial charge on any atom is 0.223 e. The van der Waals surface area contributed by atoms with Crippen LogP contribution in [-0.2, 0) is 6.42 Å². The van der Waals surface area contributed by atoms with Crippen molar-refractivity contribution in [3.63, 3.8) is 0 Å². The van der Waals surface area contributed by atoms with E-state index in [4.69, 9.17) is 4.52 Å². The van der Waals surface area contributed by atoms with Crippen molar-refractivity contribution >= 4 is 0 Å². The summed E-state index contributed by atoms with van der Waals surface area (Å²) in [6.45, 7) is 8.60. The van der Waals surface area contributed by atoms with E-state index in [1.54, 1.807) is 0 Å². The molecule has 0 aliphatic carbocycles. The highest BCUT2D eigenvalue weighted by atomic mass is 16.5. The minimum absolute atomic E-state index is 0.660. The molecule has 18 heavy (non-hydrogen) atoms. The molecule has 1 aromatic rings. The summed E-state index contributed by atoms with van der Waals surface area (Å²) in [5.74, 6) is 1.49. The molecular weight excluding hydrogens is 228 g/mol. The molecule has 1 aliphatic rings. The van der Waals surface area contributed by atoms with Crippen molar-refractivity contribution in [3.8, 4) is 0 Å². The molecule has 2 rings (SSSR count). The third-order valence-electron chi connectivity index (χ3n) is 3.49. The number of hydrogen-bond donors (Lipinski definition) is 1. The Kier molecular flexibility index (Phi) is 5.13. The predicted molar refractivity (Wildman–Crippen MR) is 70.5 cm³/mol. The topological polar surface area (TPSA) is 54.2 Å². The van der Waals surface area contributed by atoms with Crippen LogP contribution < -0.4 is 5.32 Å². The summed E-state index contributed by atoms with van der Waals surface area (Å²) in [5, 5.41) is 7.53. The molecule has 0 saturated carbocycles. The van der Waals surface area contributed by atoms with E-state index in [1.165, 1.54) is 32.4 Å². The van der Waals surface area contributed by atoms with Crippen molar-refractivity contribution < 1.29 is 4.52 Å². The Labute approximate surface area is 109 Å². The van der Waals surface area contributed by atoms with E-state index in [9.17, 15) is 0 Å². The van der Waals surface area contributed by atoms with Crippen LogP contribution in [0.25, 0.3) is 0 Å². The van der Waals surface area contributed by atoms with Gasteiger partial charge in [-0.2, -0.15) is 4.98 Å². The summed E-state index contributed by atoms with van der Waals surface area (Å²) in [5.41, 5.74) is 0. The molecule has 0 unspecified atom stereocenters. The second-order valence-corrected chi connectivity index (χ2v) is 5.05. The third-order valence-corrected chi connectivity index (χ3v) is 3.49. The average molecular weight is 252 g/mol. The van der Waals surface area contributed by atoms with Crippen LogP contribution in [0.4, 0.5) is 0 Å². The number of hydrogen-bond acceptors (Lipinski definition) is 5. The second kappa shape index (κ2) is 6.85. The smallest absolute Gasteiger partial charge is 0.223 e. The summed E-state index contributed by atoms with van der Waals surface area (Å²) in [6.07, 6.45) is 4.62. The first-order valence-corrected chi connectivity index (χ1v) is 7.03. The van der Waals surface area contributed by atoms with Gasteiger partial charge in [-0.1, -0.05) is 12.1 Å². The summed E-state index contributed by atoms with van der Waals surface area (Å²) >= 11 is 0. The molecule has 2 heterocycles. The van der Waals surface area contributed by atoms with Gasteiger partial charge in [0.2, 0.25) is 5.89 Å². The third kappa shape index (κ3) is 4.07. The van der Waals surface area contributed by atoms with Crippen molar-refractivity contribution in [2.75, 3.05) is 26.2 Å². The molecule has 1 fully saturated rings. The van der Waals surface area contributed by atoms with E-state index >= 15 is 0 Å². The molecular formula is C13H24N4O. The fourth-order valence-corrected chi connectivity index (χ4v) is 2.41. The predicted octanol–water partition coefficient (Wildman–Crippen LogP) is 1.38. The van der Waals surface area contributed by atoms with Crippen LogP contribution in [0.3, 0.4) is 0 Å². The van der Waals surface area contributed by atoms with Gasteiger partial charge in [0, 0.05) is 25.9 Å². The van der Waals surface area contributed by atoms with E-state index in [1.807, 2.05) is 6.92 Å². The second-order valence-electron chi connectivity index (χ2n) is 5.05. The first-order chi connectivity index (χ1) is 8.78. The summed E-state index contributed by atoms with van der Waals surface area (Å²) in [6, 6.07) is 0.716. The Bertz CT molecular complexity index is 345. The maximum atomic E-state index is 4.98. The highest BCUT2D eigenvalue weighted by Crippen LogP contribution is 2.10. The van der Waals surface area contributed by atoms with Crippen LogP contribution in [-0.4, -0.2) is 47.3 Å². The van der Waals surface area contributed by atoms with Gasteiger partial charge in [0.1, 0.15) is 0 Å².